The first-order chi connectivity index (χ1) is 8.42. The molecule has 0 amide bonds. The van der Waals surface area contributed by atoms with Gasteiger partial charge in [-0.3, -0.25) is 5.32 Å². The summed E-state index contributed by atoms with van der Waals surface area (Å²) in [7, 11) is 0. The molecule has 2 aliphatic heterocycles. The molecule has 0 spiro atoms. The van der Waals surface area contributed by atoms with Crippen LogP contribution in [-0.2, 0) is 0 Å². The van der Waals surface area contributed by atoms with Crippen LogP contribution in [0, 0.1) is 5.92 Å². The minimum absolute atomic E-state index is 0.629. The Hall–Kier alpha value is -0.500. The number of hydrogen-bond acceptors (Lipinski definition) is 2. The monoisotopic (exact) mass is 236 g/mol. The van der Waals surface area contributed by atoms with Crippen LogP contribution in [0.4, 0.5) is 0 Å². The molecule has 98 valence electrons. The van der Waals surface area contributed by atoms with Crippen molar-refractivity contribution in [2.24, 2.45) is 5.92 Å². The number of allylic oxidation sites excluding steroid dienone is 1. The van der Waals surface area contributed by atoms with E-state index in [1.807, 2.05) is 0 Å². The Balaban J connectivity index is 1.82. The Labute approximate surface area is 106 Å². The molecule has 0 saturated carbocycles. The van der Waals surface area contributed by atoms with Gasteiger partial charge in [0.15, 0.2) is 0 Å². The van der Waals surface area contributed by atoms with Crippen LogP contribution < -0.4 is 5.32 Å². The van der Waals surface area contributed by atoms with E-state index in [0.717, 1.165) is 5.92 Å². The lowest BCUT2D eigenvalue weighted by molar-refractivity contribution is 0.124. The maximum Gasteiger partial charge on any atom is 0.0818 e. The van der Waals surface area contributed by atoms with Crippen molar-refractivity contribution in [2.75, 3.05) is 13.1 Å². The van der Waals surface area contributed by atoms with Gasteiger partial charge in [0.2, 0.25) is 0 Å². The van der Waals surface area contributed by atoms with Crippen LogP contribution in [0.3, 0.4) is 0 Å². The Morgan fingerprint density at radius 3 is 3.12 bits per heavy atom. The van der Waals surface area contributed by atoms with Gasteiger partial charge in [-0.15, -0.1) is 0 Å². The van der Waals surface area contributed by atoms with Gasteiger partial charge in [0.1, 0.15) is 0 Å². The van der Waals surface area contributed by atoms with E-state index in [-0.39, 0.29) is 0 Å². The first kappa shape index (κ1) is 12.9. The average Bonchev–Trinajstić information content (AvgIpc) is 2.57. The summed E-state index contributed by atoms with van der Waals surface area (Å²) in [5, 5.41) is 3.73. The highest BCUT2D eigenvalue weighted by Gasteiger charge is 2.28. The highest BCUT2D eigenvalue weighted by molar-refractivity contribution is 4.95. The molecule has 0 bridgehead atoms. The molecule has 2 heterocycles. The number of hydrogen-bond donors (Lipinski definition) is 1. The van der Waals surface area contributed by atoms with Crippen LogP contribution in [0.5, 0.6) is 0 Å². The van der Waals surface area contributed by atoms with E-state index in [1.165, 1.54) is 64.5 Å². The topological polar surface area (TPSA) is 15.3 Å². The lowest BCUT2D eigenvalue weighted by Gasteiger charge is -2.39. The summed E-state index contributed by atoms with van der Waals surface area (Å²) < 4.78 is 0. The maximum absolute atomic E-state index is 3.73. The van der Waals surface area contributed by atoms with Gasteiger partial charge in [0.25, 0.3) is 0 Å². The summed E-state index contributed by atoms with van der Waals surface area (Å²) in [5.41, 5.74) is 0. The lowest BCUT2D eigenvalue weighted by Crippen LogP contribution is -2.52. The van der Waals surface area contributed by atoms with Crippen LogP contribution in [0.15, 0.2) is 12.3 Å². The highest BCUT2D eigenvalue weighted by atomic mass is 15.3. The predicted molar refractivity (Wildman–Crippen MR) is 73.7 cm³/mol. The summed E-state index contributed by atoms with van der Waals surface area (Å²) in [6, 6.07) is 0. The van der Waals surface area contributed by atoms with E-state index in [4.69, 9.17) is 0 Å². The third kappa shape index (κ3) is 3.74. The molecular formula is C15H28N2. The van der Waals surface area contributed by atoms with Gasteiger partial charge in [0.05, 0.1) is 6.17 Å². The molecule has 0 aromatic rings. The summed E-state index contributed by atoms with van der Waals surface area (Å²) in [6.45, 7) is 4.75. The van der Waals surface area contributed by atoms with E-state index < -0.39 is 0 Å². The van der Waals surface area contributed by atoms with Gasteiger partial charge in [0, 0.05) is 6.54 Å². The van der Waals surface area contributed by atoms with Crippen molar-refractivity contribution >= 4 is 0 Å². The second-order valence-corrected chi connectivity index (χ2v) is 5.56. The van der Waals surface area contributed by atoms with Crippen LogP contribution in [0.2, 0.25) is 0 Å². The minimum atomic E-state index is 0.629. The second-order valence-electron chi connectivity index (χ2n) is 5.56. The van der Waals surface area contributed by atoms with E-state index >= 15 is 0 Å². The van der Waals surface area contributed by atoms with Gasteiger partial charge >= 0.3 is 0 Å². The molecule has 0 aromatic carbocycles. The van der Waals surface area contributed by atoms with E-state index in [1.54, 1.807) is 0 Å². The Bertz CT molecular complexity index is 237. The van der Waals surface area contributed by atoms with Crippen molar-refractivity contribution in [2.45, 2.75) is 64.5 Å². The third-order valence-electron chi connectivity index (χ3n) is 4.18. The van der Waals surface area contributed by atoms with E-state index in [2.05, 4.69) is 29.4 Å². The van der Waals surface area contributed by atoms with Gasteiger partial charge in [-0.2, -0.15) is 0 Å². The smallest absolute Gasteiger partial charge is 0.0818 e. The van der Waals surface area contributed by atoms with Crippen LogP contribution in [0.1, 0.15) is 58.3 Å². The molecule has 2 unspecified atom stereocenters. The maximum atomic E-state index is 3.73. The van der Waals surface area contributed by atoms with Crippen molar-refractivity contribution in [3.63, 3.8) is 0 Å². The highest BCUT2D eigenvalue weighted by Crippen LogP contribution is 2.27. The molecule has 1 saturated heterocycles. The second kappa shape index (κ2) is 7.05. The van der Waals surface area contributed by atoms with Crippen molar-refractivity contribution < 1.29 is 0 Å². The standard InChI is InChI=1S/C15H28N2/c1-2-3-4-5-9-14-10-6-7-12-17-13-8-11-16-15(14)17/h7,12,14-16H,2-6,8-11,13H2,1H3. The molecule has 0 aliphatic carbocycles. The Morgan fingerprint density at radius 2 is 2.24 bits per heavy atom. The summed E-state index contributed by atoms with van der Waals surface area (Å²) in [6.07, 6.45) is 16.3. The summed E-state index contributed by atoms with van der Waals surface area (Å²) >= 11 is 0. The molecule has 2 heteroatoms. The third-order valence-corrected chi connectivity index (χ3v) is 4.18. The van der Waals surface area contributed by atoms with Crippen LogP contribution in [-0.4, -0.2) is 24.2 Å². The quantitative estimate of drug-likeness (QED) is 0.735. The van der Waals surface area contributed by atoms with Gasteiger partial charge < -0.3 is 4.90 Å². The average molecular weight is 236 g/mol. The fourth-order valence-corrected chi connectivity index (χ4v) is 3.19. The molecule has 2 atom stereocenters. The van der Waals surface area contributed by atoms with Crippen molar-refractivity contribution in [1.29, 1.82) is 0 Å². The zero-order valence-electron chi connectivity index (χ0n) is 11.3. The fourth-order valence-electron chi connectivity index (χ4n) is 3.19. The summed E-state index contributed by atoms with van der Waals surface area (Å²) in [5.74, 6) is 0.863. The molecule has 2 rings (SSSR count). The van der Waals surface area contributed by atoms with Gasteiger partial charge in [-0.25, -0.2) is 0 Å². The Kier molecular flexibility index (Phi) is 5.37. The minimum Gasteiger partial charge on any atom is -0.362 e. The molecular weight excluding hydrogens is 208 g/mol. The zero-order chi connectivity index (χ0) is 11.9. The number of rotatable bonds is 5. The lowest BCUT2D eigenvalue weighted by atomic mass is 9.92. The Morgan fingerprint density at radius 1 is 1.29 bits per heavy atom. The fraction of sp³-hybridized carbons (Fsp3) is 0.867. The number of nitrogens with zero attached hydrogens (tertiary/aromatic N) is 1. The van der Waals surface area contributed by atoms with Crippen molar-refractivity contribution in [1.82, 2.24) is 10.2 Å². The molecule has 2 aliphatic rings. The van der Waals surface area contributed by atoms with E-state index in [9.17, 15) is 0 Å². The zero-order valence-corrected chi connectivity index (χ0v) is 11.3. The van der Waals surface area contributed by atoms with Crippen molar-refractivity contribution in [3.05, 3.63) is 12.3 Å². The molecule has 0 radical (unpaired) electrons. The molecule has 1 N–H and O–H groups in total. The van der Waals surface area contributed by atoms with Gasteiger partial charge in [-0.1, -0.05) is 38.7 Å². The number of fused-ring (bicyclic) bond motifs is 1. The first-order valence-corrected chi connectivity index (χ1v) is 7.57. The number of unbranched alkanes of at least 4 members (excludes halogenated alkanes) is 3. The SMILES string of the molecule is CCCCCCC1CCC=CN2CCCNC12. The largest absolute Gasteiger partial charge is 0.362 e. The predicted octanol–water partition coefficient (Wildman–Crippen LogP) is 3.50. The molecule has 17 heavy (non-hydrogen) atoms. The van der Waals surface area contributed by atoms with Crippen LogP contribution >= 0.6 is 0 Å². The molecule has 0 aromatic heterocycles. The van der Waals surface area contributed by atoms with Crippen molar-refractivity contribution in [3.8, 4) is 0 Å². The molecule has 1 fully saturated rings. The van der Waals surface area contributed by atoms with Crippen LogP contribution in [0.25, 0.3) is 0 Å². The first-order valence-electron chi connectivity index (χ1n) is 7.57. The number of nitrogens with one attached hydrogen (secondary N) is 1. The molecule has 2 nitrogen and oxygen atoms in total. The summed E-state index contributed by atoms with van der Waals surface area (Å²) in [4.78, 5) is 2.54. The normalized spacial score (nSPS) is 28.9. The van der Waals surface area contributed by atoms with Gasteiger partial charge in [-0.05, 0) is 44.3 Å². The van der Waals surface area contributed by atoms with E-state index in [0.29, 0.717) is 6.17 Å².